The van der Waals surface area contributed by atoms with Crippen molar-refractivity contribution in [3.8, 4) is 0 Å². The summed E-state index contributed by atoms with van der Waals surface area (Å²) >= 11 is 0. The summed E-state index contributed by atoms with van der Waals surface area (Å²) in [5, 5.41) is 14.6. The fraction of sp³-hybridized carbons (Fsp3) is 0.318. The van der Waals surface area contributed by atoms with Crippen molar-refractivity contribution in [1.82, 2.24) is 10.6 Å². The summed E-state index contributed by atoms with van der Waals surface area (Å²) < 4.78 is 5.17. The Morgan fingerprint density at radius 1 is 0.966 bits per heavy atom. The summed E-state index contributed by atoms with van der Waals surface area (Å²) in [7, 11) is 0. The van der Waals surface area contributed by atoms with Crippen LogP contribution in [0.3, 0.4) is 0 Å². The van der Waals surface area contributed by atoms with Crippen molar-refractivity contribution in [2.45, 2.75) is 44.9 Å². The second-order valence-electron chi connectivity index (χ2n) is 7.40. The lowest BCUT2D eigenvalue weighted by atomic mass is 9.99. The van der Waals surface area contributed by atoms with E-state index in [9.17, 15) is 19.5 Å². The third-order valence-corrected chi connectivity index (χ3v) is 4.17. The van der Waals surface area contributed by atoms with Gasteiger partial charge < -0.3 is 20.5 Å². The molecule has 0 spiro atoms. The number of ether oxygens (including phenoxy) is 1. The van der Waals surface area contributed by atoms with E-state index in [0.29, 0.717) is 0 Å². The van der Waals surface area contributed by atoms with Crippen LogP contribution in [-0.2, 0) is 27.4 Å². The summed E-state index contributed by atoms with van der Waals surface area (Å²) in [6.45, 7) is 3.46. The van der Waals surface area contributed by atoms with Crippen LogP contribution in [-0.4, -0.2) is 34.7 Å². The number of nitrogens with one attached hydrogen (secondary N) is 2. The monoisotopic (exact) mass is 398 g/mol. The first-order chi connectivity index (χ1) is 13.7. The minimum atomic E-state index is -1.12. The molecule has 3 N–H and O–H groups in total. The standard InChI is InChI=1S/C22H26N2O5/c1-22(2,24-21(28)29-15-17-11-7-4-8-12-17)14-19(25)23-18(20(26)27)13-16-9-5-3-6-10-16/h3-12,18H,13-15H2,1-2H3,(H,23,25)(H,24,28)(H,26,27)/t18-/m0/s1. The summed E-state index contributed by atoms with van der Waals surface area (Å²) in [5.41, 5.74) is 0.749. The van der Waals surface area contributed by atoms with Gasteiger partial charge in [-0.2, -0.15) is 0 Å². The first kappa shape index (κ1) is 21.9. The number of alkyl carbamates (subject to hydrolysis) is 1. The number of carboxylic acids is 1. The van der Waals surface area contributed by atoms with Gasteiger partial charge in [0.15, 0.2) is 0 Å². The van der Waals surface area contributed by atoms with Crippen LogP contribution in [0.4, 0.5) is 4.79 Å². The van der Waals surface area contributed by atoms with Crippen LogP contribution in [0.2, 0.25) is 0 Å². The van der Waals surface area contributed by atoms with E-state index in [0.717, 1.165) is 11.1 Å². The van der Waals surface area contributed by atoms with E-state index in [1.807, 2.05) is 48.5 Å². The topological polar surface area (TPSA) is 105 Å². The lowest BCUT2D eigenvalue weighted by Crippen LogP contribution is -2.50. The zero-order chi connectivity index (χ0) is 21.3. The van der Waals surface area contributed by atoms with Gasteiger partial charge in [-0.3, -0.25) is 4.79 Å². The van der Waals surface area contributed by atoms with Crippen molar-refractivity contribution in [3.63, 3.8) is 0 Å². The van der Waals surface area contributed by atoms with Gasteiger partial charge in [0, 0.05) is 18.4 Å². The zero-order valence-electron chi connectivity index (χ0n) is 16.6. The summed E-state index contributed by atoms with van der Waals surface area (Å²) in [4.78, 5) is 35.9. The molecule has 2 rings (SSSR count). The fourth-order valence-corrected chi connectivity index (χ4v) is 2.78. The van der Waals surface area contributed by atoms with Crippen LogP contribution in [0.15, 0.2) is 60.7 Å². The van der Waals surface area contributed by atoms with E-state index in [4.69, 9.17) is 4.74 Å². The van der Waals surface area contributed by atoms with Gasteiger partial charge in [-0.05, 0) is 25.0 Å². The largest absolute Gasteiger partial charge is 0.480 e. The smallest absolute Gasteiger partial charge is 0.407 e. The number of carbonyl (C=O) groups excluding carboxylic acids is 2. The van der Waals surface area contributed by atoms with Gasteiger partial charge in [0.25, 0.3) is 0 Å². The van der Waals surface area contributed by atoms with Crippen LogP contribution in [0.25, 0.3) is 0 Å². The SMILES string of the molecule is CC(C)(CC(=O)N[C@@H](Cc1ccccc1)C(=O)O)NC(=O)OCc1ccccc1. The van der Waals surface area contributed by atoms with E-state index in [-0.39, 0.29) is 19.4 Å². The number of rotatable bonds is 9. The second-order valence-corrected chi connectivity index (χ2v) is 7.40. The molecule has 0 bridgehead atoms. The molecule has 2 amide bonds. The molecule has 0 aromatic heterocycles. The normalized spacial score (nSPS) is 11.9. The summed E-state index contributed by atoms with van der Waals surface area (Å²) in [6, 6.07) is 17.2. The molecular weight excluding hydrogens is 372 g/mol. The first-order valence-electron chi connectivity index (χ1n) is 9.30. The number of carboxylic acid groups (broad SMARTS) is 1. The maximum Gasteiger partial charge on any atom is 0.407 e. The fourth-order valence-electron chi connectivity index (χ4n) is 2.78. The molecule has 0 saturated carbocycles. The highest BCUT2D eigenvalue weighted by Crippen LogP contribution is 2.11. The minimum absolute atomic E-state index is 0.0913. The van der Waals surface area contributed by atoms with Crippen LogP contribution < -0.4 is 10.6 Å². The molecule has 0 unspecified atom stereocenters. The van der Waals surface area contributed by atoms with E-state index >= 15 is 0 Å². The van der Waals surface area contributed by atoms with Crippen LogP contribution >= 0.6 is 0 Å². The van der Waals surface area contributed by atoms with E-state index in [2.05, 4.69) is 10.6 Å². The average Bonchev–Trinajstić information content (AvgIpc) is 2.66. The molecule has 0 fully saturated rings. The minimum Gasteiger partial charge on any atom is -0.480 e. The molecule has 7 nitrogen and oxygen atoms in total. The Kier molecular flexibility index (Phi) is 7.77. The number of amides is 2. The average molecular weight is 398 g/mol. The van der Waals surface area contributed by atoms with E-state index in [1.165, 1.54) is 0 Å². The van der Waals surface area contributed by atoms with Gasteiger partial charge in [0.05, 0.1) is 0 Å². The number of benzene rings is 2. The number of carbonyl (C=O) groups is 3. The zero-order valence-corrected chi connectivity index (χ0v) is 16.6. The van der Waals surface area contributed by atoms with Crippen molar-refractivity contribution in [2.75, 3.05) is 0 Å². The Balaban J connectivity index is 1.84. The molecule has 2 aromatic carbocycles. The Hall–Kier alpha value is -3.35. The Labute approximate surface area is 170 Å². The highest BCUT2D eigenvalue weighted by molar-refractivity contribution is 5.84. The summed E-state index contributed by atoms with van der Waals surface area (Å²) in [6.07, 6.45) is -0.563. The molecule has 29 heavy (non-hydrogen) atoms. The van der Waals surface area contributed by atoms with Crippen molar-refractivity contribution >= 4 is 18.0 Å². The lowest BCUT2D eigenvalue weighted by Gasteiger charge is -2.26. The van der Waals surface area contributed by atoms with Crippen molar-refractivity contribution < 1.29 is 24.2 Å². The molecule has 0 aliphatic heterocycles. The van der Waals surface area contributed by atoms with Gasteiger partial charge in [0.1, 0.15) is 12.6 Å². The van der Waals surface area contributed by atoms with E-state index in [1.54, 1.807) is 26.0 Å². The lowest BCUT2D eigenvalue weighted by molar-refractivity contribution is -0.142. The first-order valence-corrected chi connectivity index (χ1v) is 9.30. The summed E-state index contributed by atoms with van der Waals surface area (Å²) in [5.74, 6) is -1.59. The second kappa shape index (κ2) is 10.3. The van der Waals surface area contributed by atoms with E-state index < -0.39 is 29.6 Å². The quantitative estimate of drug-likeness (QED) is 0.602. The van der Waals surface area contributed by atoms with Gasteiger partial charge >= 0.3 is 12.1 Å². The number of hydrogen-bond donors (Lipinski definition) is 3. The number of aliphatic carboxylic acids is 1. The maximum atomic E-state index is 12.4. The molecular formula is C22H26N2O5. The highest BCUT2D eigenvalue weighted by Gasteiger charge is 2.28. The highest BCUT2D eigenvalue weighted by atomic mass is 16.5. The number of hydrogen-bond acceptors (Lipinski definition) is 4. The van der Waals surface area contributed by atoms with Crippen LogP contribution in [0.5, 0.6) is 0 Å². The molecule has 1 atom stereocenters. The third kappa shape index (κ3) is 8.04. The molecule has 0 radical (unpaired) electrons. The Bertz CT molecular complexity index is 822. The molecule has 2 aromatic rings. The third-order valence-electron chi connectivity index (χ3n) is 4.17. The predicted octanol–water partition coefficient (Wildman–Crippen LogP) is 2.89. The molecule has 154 valence electrons. The van der Waals surface area contributed by atoms with Gasteiger partial charge in [-0.25, -0.2) is 9.59 Å². The molecule has 0 saturated heterocycles. The maximum absolute atomic E-state index is 12.4. The van der Waals surface area contributed by atoms with Gasteiger partial charge in [-0.1, -0.05) is 60.7 Å². The molecule has 0 aliphatic carbocycles. The molecule has 7 heteroatoms. The van der Waals surface area contributed by atoms with Crippen LogP contribution in [0, 0.1) is 0 Å². The molecule has 0 heterocycles. The molecule has 0 aliphatic rings. The van der Waals surface area contributed by atoms with Crippen LogP contribution in [0.1, 0.15) is 31.4 Å². The van der Waals surface area contributed by atoms with Crippen molar-refractivity contribution in [1.29, 1.82) is 0 Å². The Morgan fingerprint density at radius 3 is 2.07 bits per heavy atom. The Morgan fingerprint density at radius 2 is 1.52 bits per heavy atom. The predicted molar refractivity (Wildman–Crippen MR) is 108 cm³/mol. The van der Waals surface area contributed by atoms with Crippen molar-refractivity contribution in [2.24, 2.45) is 0 Å². The van der Waals surface area contributed by atoms with Gasteiger partial charge in [-0.15, -0.1) is 0 Å². The van der Waals surface area contributed by atoms with Gasteiger partial charge in [0.2, 0.25) is 5.91 Å². The van der Waals surface area contributed by atoms with Crippen molar-refractivity contribution in [3.05, 3.63) is 71.8 Å².